The highest BCUT2D eigenvalue weighted by atomic mass is 32.1. The second-order valence-corrected chi connectivity index (χ2v) is 7.51. The van der Waals surface area contributed by atoms with Crippen LogP contribution in [0.4, 0.5) is 18.9 Å². The lowest BCUT2D eigenvalue weighted by Gasteiger charge is -2.29. The number of aryl methyl sites for hydroxylation is 2. The van der Waals surface area contributed by atoms with Crippen molar-refractivity contribution in [1.29, 1.82) is 0 Å². The molecule has 0 fully saturated rings. The lowest BCUT2D eigenvalue weighted by molar-refractivity contribution is -0.137. The molecule has 1 aliphatic heterocycles. The van der Waals surface area contributed by atoms with Gasteiger partial charge in [-0.2, -0.15) is 13.2 Å². The van der Waals surface area contributed by atoms with Crippen LogP contribution in [0.3, 0.4) is 0 Å². The van der Waals surface area contributed by atoms with Crippen molar-refractivity contribution in [2.75, 3.05) is 11.4 Å². The summed E-state index contributed by atoms with van der Waals surface area (Å²) in [5.74, 6) is 0.276. The average Bonchev–Trinajstić information content (AvgIpc) is 3.29. The third-order valence-corrected chi connectivity index (χ3v) is 5.49. The number of thiazole rings is 1. The van der Waals surface area contributed by atoms with Crippen LogP contribution < -0.4 is 4.90 Å². The molecule has 1 aliphatic rings. The van der Waals surface area contributed by atoms with Crippen molar-refractivity contribution < 1.29 is 22.4 Å². The predicted octanol–water partition coefficient (Wildman–Crippen LogP) is 5.32. The first-order valence-electron chi connectivity index (χ1n) is 8.38. The Morgan fingerprint density at radius 2 is 2.11 bits per heavy atom. The van der Waals surface area contributed by atoms with Gasteiger partial charge in [0.05, 0.1) is 11.8 Å². The third kappa shape index (κ3) is 3.25. The van der Waals surface area contributed by atoms with E-state index in [9.17, 15) is 18.0 Å². The Balaban J connectivity index is 1.68. The summed E-state index contributed by atoms with van der Waals surface area (Å²) >= 11 is 1.35. The summed E-state index contributed by atoms with van der Waals surface area (Å²) in [4.78, 5) is 19.7. The van der Waals surface area contributed by atoms with Gasteiger partial charge in [0, 0.05) is 17.1 Å². The van der Waals surface area contributed by atoms with Gasteiger partial charge in [-0.15, -0.1) is 11.3 Å². The van der Waals surface area contributed by atoms with Crippen molar-refractivity contribution in [3.05, 3.63) is 58.3 Å². The van der Waals surface area contributed by atoms with Gasteiger partial charge in [0.25, 0.3) is 5.91 Å². The molecule has 0 N–H and O–H groups in total. The lowest BCUT2D eigenvalue weighted by atomic mass is 9.98. The monoisotopic (exact) mass is 392 g/mol. The first-order valence-corrected chi connectivity index (χ1v) is 9.19. The van der Waals surface area contributed by atoms with Gasteiger partial charge in [0.1, 0.15) is 5.69 Å². The Labute approximate surface area is 157 Å². The maximum absolute atomic E-state index is 13.1. The van der Waals surface area contributed by atoms with Crippen molar-refractivity contribution in [3.8, 4) is 10.8 Å². The number of carbonyl (C=O) groups is 1. The predicted molar refractivity (Wildman–Crippen MR) is 96.0 cm³/mol. The van der Waals surface area contributed by atoms with Crippen LogP contribution in [0.2, 0.25) is 0 Å². The summed E-state index contributed by atoms with van der Waals surface area (Å²) in [6.07, 6.45) is -1.75. The van der Waals surface area contributed by atoms with Gasteiger partial charge >= 0.3 is 6.18 Å². The number of fused-ring (bicyclic) bond motifs is 1. The Bertz CT molecular complexity index is 993. The van der Waals surface area contributed by atoms with Gasteiger partial charge in [0.2, 0.25) is 0 Å². The second-order valence-electron chi connectivity index (χ2n) is 6.30. The molecular formula is C19H15F3N2O2S. The summed E-state index contributed by atoms with van der Waals surface area (Å²) in [5.41, 5.74) is 0.661. The highest BCUT2D eigenvalue weighted by Crippen LogP contribution is 2.36. The highest BCUT2D eigenvalue weighted by Gasteiger charge is 2.33. The number of hydrogen-bond acceptors (Lipinski definition) is 4. The summed E-state index contributed by atoms with van der Waals surface area (Å²) in [5, 5.41) is 0.602. The molecule has 140 valence electrons. The molecule has 0 saturated heterocycles. The SMILES string of the molecule is Cc1sc(-c2ccco2)nc1C(=O)N1CCCc2cc(C(F)(F)F)ccc21. The fourth-order valence-corrected chi connectivity index (χ4v) is 4.09. The number of benzene rings is 1. The largest absolute Gasteiger partial charge is 0.462 e. The molecule has 0 aliphatic carbocycles. The smallest absolute Gasteiger partial charge is 0.416 e. The van der Waals surface area contributed by atoms with Gasteiger partial charge in [0.15, 0.2) is 10.8 Å². The molecule has 0 saturated carbocycles. The van der Waals surface area contributed by atoms with Gasteiger partial charge in [-0.3, -0.25) is 4.79 Å². The Kier molecular flexibility index (Phi) is 4.30. The number of alkyl halides is 3. The Morgan fingerprint density at radius 1 is 1.30 bits per heavy atom. The standard InChI is InChI=1S/C19H15F3N2O2S/c1-11-16(23-17(27-11)15-5-3-9-26-15)18(25)24-8-2-4-12-10-13(19(20,21)22)6-7-14(12)24/h3,5-7,9-10H,2,4,8H2,1H3. The van der Waals surface area contributed by atoms with Crippen LogP contribution in [0.5, 0.6) is 0 Å². The van der Waals surface area contributed by atoms with Crippen LogP contribution in [0.15, 0.2) is 41.0 Å². The Hall–Kier alpha value is -2.61. The number of furan rings is 1. The van der Waals surface area contributed by atoms with Crippen LogP contribution >= 0.6 is 11.3 Å². The van der Waals surface area contributed by atoms with Gasteiger partial charge in [-0.25, -0.2) is 4.98 Å². The van der Waals surface area contributed by atoms with Gasteiger partial charge in [-0.1, -0.05) is 0 Å². The van der Waals surface area contributed by atoms with E-state index in [1.54, 1.807) is 19.1 Å². The number of hydrogen-bond donors (Lipinski definition) is 0. The minimum absolute atomic E-state index is 0.303. The van der Waals surface area contributed by atoms with Crippen molar-refractivity contribution in [2.45, 2.75) is 25.9 Å². The molecular weight excluding hydrogens is 377 g/mol. The minimum Gasteiger partial charge on any atom is -0.462 e. The first-order chi connectivity index (χ1) is 12.8. The molecule has 0 spiro atoms. The quantitative estimate of drug-likeness (QED) is 0.593. The molecule has 4 rings (SSSR count). The second kappa shape index (κ2) is 6.53. The topological polar surface area (TPSA) is 46.3 Å². The normalized spacial score (nSPS) is 14.3. The summed E-state index contributed by atoms with van der Waals surface area (Å²) < 4.78 is 44.2. The molecule has 3 aromatic rings. The highest BCUT2D eigenvalue weighted by molar-refractivity contribution is 7.15. The molecule has 0 unspecified atom stereocenters. The molecule has 1 amide bonds. The molecule has 27 heavy (non-hydrogen) atoms. The van der Waals surface area contributed by atoms with E-state index in [0.717, 1.165) is 17.0 Å². The van der Waals surface area contributed by atoms with E-state index in [0.29, 0.717) is 47.1 Å². The fraction of sp³-hybridized carbons (Fsp3) is 0.263. The van der Waals surface area contributed by atoms with Crippen molar-refractivity contribution in [1.82, 2.24) is 4.98 Å². The van der Waals surface area contributed by atoms with Crippen LogP contribution in [-0.2, 0) is 12.6 Å². The molecule has 1 aromatic carbocycles. The van der Waals surface area contributed by atoms with Crippen LogP contribution in [0, 0.1) is 6.92 Å². The van der Waals surface area contributed by atoms with Crippen molar-refractivity contribution in [3.63, 3.8) is 0 Å². The number of carbonyl (C=O) groups excluding carboxylic acids is 1. The van der Waals surface area contributed by atoms with Crippen LogP contribution in [0.1, 0.15) is 32.9 Å². The Morgan fingerprint density at radius 3 is 2.81 bits per heavy atom. The molecule has 0 radical (unpaired) electrons. The van der Waals surface area contributed by atoms with E-state index >= 15 is 0 Å². The zero-order valence-electron chi connectivity index (χ0n) is 14.3. The first kappa shape index (κ1) is 17.8. The molecule has 3 heterocycles. The number of anilines is 1. The maximum Gasteiger partial charge on any atom is 0.416 e. The van der Waals surface area contributed by atoms with E-state index < -0.39 is 11.7 Å². The van der Waals surface area contributed by atoms with Gasteiger partial charge in [-0.05, 0) is 55.7 Å². The molecule has 8 heteroatoms. The van der Waals surface area contributed by atoms with E-state index in [1.807, 2.05) is 0 Å². The summed E-state index contributed by atoms with van der Waals surface area (Å²) in [6.45, 7) is 2.25. The van der Waals surface area contributed by atoms with Crippen LogP contribution in [-0.4, -0.2) is 17.4 Å². The van der Waals surface area contributed by atoms with Gasteiger partial charge < -0.3 is 9.32 Å². The summed E-state index contributed by atoms with van der Waals surface area (Å²) in [7, 11) is 0. The maximum atomic E-state index is 13.1. The number of halogens is 3. The zero-order valence-corrected chi connectivity index (χ0v) is 15.2. The fourth-order valence-electron chi connectivity index (χ4n) is 3.21. The molecule has 0 bridgehead atoms. The van der Waals surface area contributed by atoms with E-state index in [4.69, 9.17) is 4.42 Å². The van der Waals surface area contributed by atoms with E-state index in [1.165, 1.54) is 28.6 Å². The number of aromatic nitrogens is 1. The molecule has 0 atom stereocenters. The van der Waals surface area contributed by atoms with Crippen LogP contribution in [0.25, 0.3) is 10.8 Å². The summed E-state index contributed by atoms with van der Waals surface area (Å²) in [6, 6.07) is 7.04. The third-order valence-electron chi connectivity index (χ3n) is 4.50. The molecule has 4 nitrogen and oxygen atoms in total. The number of amides is 1. The number of nitrogens with zero attached hydrogens (tertiary/aromatic N) is 2. The zero-order chi connectivity index (χ0) is 19.2. The van der Waals surface area contributed by atoms with Crippen molar-refractivity contribution >= 4 is 22.9 Å². The average molecular weight is 392 g/mol. The number of rotatable bonds is 2. The minimum atomic E-state index is -4.40. The van der Waals surface area contributed by atoms with E-state index in [2.05, 4.69) is 4.98 Å². The molecule has 2 aromatic heterocycles. The van der Waals surface area contributed by atoms with Crippen molar-refractivity contribution in [2.24, 2.45) is 0 Å². The lowest BCUT2D eigenvalue weighted by Crippen LogP contribution is -2.36. The van der Waals surface area contributed by atoms with E-state index in [-0.39, 0.29) is 5.91 Å².